The highest BCUT2D eigenvalue weighted by molar-refractivity contribution is 5.95. The van der Waals surface area contributed by atoms with Gasteiger partial charge in [0, 0.05) is 18.6 Å². The standard InChI is InChI=1S/C13H24N4O2/c1-9-3-2-6-17(11(9)7-14)8-12(18)16-13(19)15-10-4-5-10/h9-11H,2-8,14H2,1H3,(H2,15,16,18,19). The van der Waals surface area contributed by atoms with Gasteiger partial charge in [0.1, 0.15) is 0 Å². The molecule has 108 valence electrons. The van der Waals surface area contributed by atoms with Crippen molar-refractivity contribution in [3.63, 3.8) is 0 Å². The molecule has 6 heteroatoms. The van der Waals surface area contributed by atoms with E-state index in [9.17, 15) is 9.59 Å². The minimum absolute atomic E-state index is 0.242. The van der Waals surface area contributed by atoms with Crippen LogP contribution in [0.25, 0.3) is 0 Å². The molecule has 3 amide bonds. The van der Waals surface area contributed by atoms with E-state index in [4.69, 9.17) is 5.73 Å². The zero-order valence-corrected chi connectivity index (χ0v) is 11.5. The van der Waals surface area contributed by atoms with Gasteiger partial charge in [-0.15, -0.1) is 0 Å². The summed E-state index contributed by atoms with van der Waals surface area (Å²) in [5.41, 5.74) is 5.78. The lowest BCUT2D eigenvalue weighted by molar-refractivity contribution is -0.122. The monoisotopic (exact) mass is 268 g/mol. The van der Waals surface area contributed by atoms with Crippen molar-refractivity contribution in [1.82, 2.24) is 15.5 Å². The van der Waals surface area contributed by atoms with Crippen molar-refractivity contribution in [3.8, 4) is 0 Å². The summed E-state index contributed by atoms with van der Waals surface area (Å²) in [6, 6.07) is 0.132. The molecule has 0 bridgehead atoms. The van der Waals surface area contributed by atoms with E-state index in [-0.39, 0.29) is 30.6 Å². The maximum atomic E-state index is 11.8. The van der Waals surface area contributed by atoms with Gasteiger partial charge >= 0.3 is 6.03 Å². The molecule has 2 atom stereocenters. The number of likely N-dealkylation sites (tertiary alicyclic amines) is 1. The highest BCUT2D eigenvalue weighted by Crippen LogP contribution is 2.22. The third kappa shape index (κ3) is 4.18. The van der Waals surface area contributed by atoms with Crippen molar-refractivity contribution in [2.45, 2.75) is 44.7 Å². The lowest BCUT2D eigenvalue weighted by Gasteiger charge is -2.38. The molecule has 0 aromatic heterocycles. The van der Waals surface area contributed by atoms with Gasteiger partial charge in [0.25, 0.3) is 0 Å². The second kappa shape index (κ2) is 6.34. The molecule has 2 rings (SSSR count). The number of imide groups is 1. The zero-order chi connectivity index (χ0) is 13.8. The number of urea groups is 1. The average Bonchev–Trinajstić information content (AvgIpc) is 3.12. The van der Waals surface area contributed by atoms with Gasteiger partial charge in [-0.3, -0.25) is 15.0 Å². The van der Waals surface area contributed by atoms with Crippen LogP contribution in [0.2, 0.25) is 0 Å². The first-order valence-corrected chi connectivity index (χ1v) is 7.14. The van der Waals surface area contributed by atoms with E-state index in [0.717, 1.165) is 32.2 Å². The molecule has 1 aliphatic heterocycles. The first-order chi connectivity index (χ1) is 9.10. The van der Waals surface area contributed by atoms with Crippen LogP contribution in [0.4, 0.5) is 4.79 Å². The van der Waals surface area contributed by atoms with E-state index in [0.29, 0.717) is 12.5 Å². The van der Waals surface area contributed by atoms with Gasteiger partial charge in [-0.05, 0) is 38.1 Å². The largest absolute Gasteiger partial charge is 0.335 e. The van der Waals surface area contributed by atoms with Gasteiger partial charge in [0.2, 0.25) is 5.91 Å². The Morgan fingerprint density at radius 2 is 2.05 bits per heavy atom. The molecule has 0 radical (unpaired) electrons. The summed E-state index contributed by atoms with van der Waals surface area (Å²) in [5, 5.41) is 5.13. The van der Waals surface area contributed by atoms with Crippen molar-refractivity contribution in [2.75, 3.05) is 19.6 Å². The fourth-order valence-corrected chi connectivity index (χ4v) is 2.71. The SMILES string of the molecule is CC1CCCN(CC(=O)NC(=O)NC2CC2)C1CN. The molecule has 1 heterocycles. The topological polar surface area (TPSA) is 87.5 Å². The maximum absolute atomic E-state index is 11.8. The lowest BCUT2D eigenvalue weighted by atomic mass is 9.91. The van der Waals surface area contributed by atoms with Crippen LogP contribution in [0, 0.1) is 5.92 Å². The third-order valence-corrected chi connectivity index (χ3v) is 3.98. The number of carbonyl (C=O) groups is 2. The Bertz CT molecular complexity index is 344. The Kier molecular flexibility index (Phi) is 4.76. The molecule has 2 aliphatic rings. The van der Waals surface area contributed by atoms with E-state index >= 15 is 0 Å². The van der Waals surface area contributed by atoms with Crippen molar-refractivity contribution in [2.24, 2.45) is 11.7 Å². The summed E-state index contributed by atoms with van der Waals surface area (Å²) in [5.74, 6) is 0.262. The molecule has 1 aliphatic carbocycles. The fraction of sp³-hybridized carbons (Fsp3) is 0.846. The van der Waals surface area contributed by atoms with Crippen LogP contribution < -0.4 is 16.4 Å². The average molecular weight is 268 g/mol. The summed E-state index contributed by atoms with van der Waals surface area (Å²) in [6.07, 6.45) is 4.27. The predicted molar refractivity (Wildman–Crippen MR) is 72.5 cm³/mol. The van der Waals surface area contributed by atoms with E-state index in [1.165, 1.54) is 0 Å². The van der Waals surface area contributed by atoms with Gasteiger partial charge in [-0.2, -0.15) is 0 Å². The normalized spacial score (nSPS) is 27.9. The molecule has 6 nitrogen and oxygen atoms in total. The van der Waals surface area contributed by atoms with Crippen LogP contribution >= 0.6 is 0 Å². The summed E-state index contributed by atoms with van der Waals surface area (Å²) in [7, 11) is 0. The zero-order valence-electron chi connectivity index (χ0n) is 11.5. The van der Waals surface area contributed by atoms with Crippen molar-refractivity contribution >= 4 is 11.9 Å². The predicted octanol–water partition coefficient (Wildman–Crippen LogP) is 0.0338. The Morgan fingerprint density at radius 3 is 2.68 bits per heavy atom. The number of hydrogen-bond acceptors (Lipinski definition) is 4. The first-order valence-electron chi connectivity index (χ1n) is 7.14. The van der Waals surface area contributed by atoms with Crippen LogP contribution in [-0.4, -0.2) is 48.6 Å². The Labute approximate surface area is 114 Å². The molecular weight excluding hydrogens is 244 g/mol. The van der Waals surface area contributed by atoms with Gasteiger partial charge in [-0.1, -0.05) is 6.92 Å². The van der Waals surface area contributed by atoms with Gasteiger partial charge in [0.15, 0.2) is 0 Å². The minimum Gasteiger partial charge on any atom is -0.335 e. The maximum Gasteiger partial charge on any atom is 0.321 e. The lowest BCUT2D eigenvalue weighted by Crippen LogP contribution is -2.53. The van der Waals surface area contributed by atoms with Crippen LogP contribution in [0.1, 0.15) is 32.6 Å². The summed E-state index contributed by atoms with van der Waals surface area (Å²) in [4.78, 5) is 25.4. The summed E-state index contributed by atoms with van der Waals surface area (Å²) < 4.78 is 0. The van der Waals surface area contributed by atoms with E-state index in [2.05, 4.69) is 22.5 Å². The molecule has 1 saturated carbocycles. The van der Waals surface area contributed by atoms with E-state index in [1.807, 2.05) is 0 Å². The minimum atomic E-state index is -0.373. The Morgan fingerprint density at radius 1 is 1.32 bits per heavy atom. The van der Waals surface area contributed by atoms with E-state index < -0.39 is 0 Å². The number of piperidine rings is 1. The summed E-state index contributed by atoms with van der Waals surface area (Å²) in [6.45, 7) is 3.86. The van der Waals surface area contributed by atoms with Crippen LogP contribution in [0.3, 0.4) is 0 Å². The number of nitrogens with zero attached hydrogens (tertiary/aromatic N) is 1. The number of rotatable bonds is 4. The molecule has 19 heavy (non-hydrogen) atoms. The first kappa shape index (κ1) is 14.3. The fourth-order valence-electron chi connectivity index (χ4n) is 2.71. The van der Waals surface area contributed by atoms with Gasteiger partial charge < -0.3 is 11.1 Å². The van der Waals surface area contributed by atoms with E-state index in [1.54, 1.807) is 0 Å². The molecule has 0 spiro atoms. The van der Waals surface area contributed by atoms with Gasteiger partial charge in [-0.25, -0.2) is 4.79 Å². The van der Waals surface area contributed by atoms with Crippen LogP contribution in [-0.2, 0) is 4.79 Å². The number of nitrogens with one attached hydrogen (secondary N) is 2. The molecule has 0 aromatic carbocycles. The molecule has 2 unspecified atom stereocenters. The summed E-state index contributed by atoms with van der Waals surface area (Å²) >= 11 is 0. The number of amides is 3. The highest BCUT2D eigenvalue weighted by atomic mass is 16.2. The molecular formula is C13H24N4O2. The molecule has 4 N–H and O–H groups in total. The molecule has 1 saturated heterocycles. The van der Waals surface area contributed by atoms with Crippen molar-refractivity contribution in [1.29, 1.82) is 0 Å². The van der Waals surface area contributed by atoms with Crippen molar-refractivity contribution in [3.05, 3.63) is 0 Å². The van der Waals surface area contributed by atoms with Crippen LogP contribution in [0.5, 0.6) is 0 Å². The third-order valence-electron chi connectivity index (χ3n) is 3.98. The highest BCUT2D eigenvalue weighted by Gasteiger charge is 2.29. The second-order valence-electron chi connectivity index (χ2n) is 5.69. The Hall–Kier alpha value is -1.14. The second-order valence-corrected chi connectivity index (χ2v) is 5.69. The van der Waals surface area contributed by atoms with Crippen molar-refractivity contribution < 1.29 is 9.59 Å². The smallest absolute Gasteiger partial charge is 0.321 e. The van der Waals surface area contributed by atoms with Crippen LogP contribution in [0.15, 0.2) is 0 Å². The molecule has 2 fully saturated rings. The number of nitrogens with two attached hydrogens (primary N) is 1. The van der Waals surface area contributed by atoms with Gasteiger partial charge in [0.05, 0.1) is 6.54 Å². The Balaban J connectivity index is 1.77. The number of carbonyl (C=O) groups excluding carboxylic acids is 2. The quantitative estimate of drug-likeness (QED) is 0.671. The number of hydrogen-bond donors (Lipinski definition) is 3. The molecule has 0 aromatic rings.